The Bertz CT molecular complexity index is 1110. The highest BCUT2D eigenvalue weighted by atomic mass is 79.9. The Labute approximate surface area is 169 Å². The van der Waals surface area contributed by atoms with E-state index < -0.39 is 0 Å². The van der Waals surface area contributed by atoms with E-state index in [1.165, 1.54) is 16.9 Å². The van der Waals surface area contributed by atoms with Crippen molar-refractivity contribution in [3.8, 4) is 0 Å². The zero-order valence-corrected chi connectivity index (χ0v) is 17.0. The molecule has 2 aromatic heterocycles. The number of hydrogen-bond acceptors (Lipinski definition) is 4. The van der Waals surface area contributed by atoms with Gasteiger partial charge < -0.3 is 0 Å². The number of amides is 1. The molecule has 0 bridgehead atoms. The Kier molecular flexibility index (Phi) is 5.01. The van der Waals surface area contributed by atoms with Crippen molar-refractivity contribution in [2.45, 2.75) is 13.5 Å². The molecule has 0 atom stereocenters. The SMILES string of the molecule is Cc1ccc2nc(N(Cc3ccccn3)C(=O)c3cccc(Br)c3)sc2c1. The van der Waals surface area contributed by atoms with Gasteiger partial charge in [0.2, 0.25) is 0 Å². The molecule has 1 amide bonds. The van der Waals surface area contributed by atoms with Crippen molar-refractivity contribution >= 4 is 48.5 Å². The van der Waals surface area contributed by atoms with Crippen LogP contribution in [0.5, 0.6) is 0 Å². The molecule has 4 aromatic rings. The molecule has 0 unspecified atom stereocenters. The van der Waals surface area contributed by atoms with Crippen LogP contribution >= 0.6 is 27.3 Å². The summed E-state index contributed by atoms with van der Waals surface area (Å²) in [4.78, 5) is 24.1. The number of anilines is 1. The van der Waals surface area contributed by atoms with E-state index in [4.69, 9.17) is 4.98 Å². The van der Waals surface area contributed by atoms with Gasteiger partial charge in [0, 0.05) is 16.2 Å². The zero-order valence-electron chi connectivity index (χ0n) is 14.6. The Balaban J connectivity index is 1.77. The van der Waals surface area contributed by atoms with E-state index in [1.54, 1.807) is 11.1 Å². The van der Waals surface area contributed by atoms with E-state index in [0.717, 1.165) is 20.4 Å². The first-order chi connectivity index (χ1) is 13.1. The number of halogens is 1. The first-order valence-electron chi connectivity index (χ1n) is 8.45. The third kappa shape index (κ3) is 3.91. The van der Waals surface area contributed by atoms with Crippen molar-refractivity contribution < 1.29 is 4.79 Å². The van der Waals surface area contributed by atoms with Gasteiger partial charge in [-0.05, 0) is 55.0 Å². The van der Waals surface area contributed by atoms with Gasteiger partial charge in [-0.25, -0.2) is 4.98 Å². The fourth-order valence-electron chi connectivity index (χ4n) is 2.79. The summed E-state index contributed by atoms with van der Waals surface area (Å²) in [5.41, 5.74) is 3.49. The van der Waals surface area contributed by atoms with Crippen LogP contribution in [0.25, 0.3) is 10.2 Å². The minimum Gasteiger partial charge on any atom is -0.278 e. The number of rotatable bonds is 4. The monoisotopic (exact) mass is 437 g/mol. The largest absolute Gasteiger partial charge is 0.278 e. The number of nitrogens with zero attached hydrogens (tertiary/aromatic N) is 3. The number of aromatic nitrogens is 2. The van der Waals surface area contributed by atoms with Gasteiger partial charge in [0.1, 0.15) is 0 Å². The summed E-state index contributed by atoms with van der Waals surface area (Å²) in [6.45, 7) is 2.42. The van der Waals surface area contributed by atoms with Gasteiger partial charge in [0.15, 0.2) is 5.13 Å². The third-order valence-corrected chi connectivity index (χ3v) is 5.66. The smallest absolute Gasteiger partial charge is 0.260 e. The summed E-state index contributed by atoms with van der Waals surface area (Å²) >= 11 is 4.96. The maximum absolute atomic E-state index is 13.3. The number of thiazole rings is 1. The highest BCUT2D eigenvalue weighted by Gasteiger charge is 2.22. The fourth-order valence-corrected chi connectivity index (χ4v) is 4.25. The summed E-state index contributed by atoms with van der Waals surface area (Å²) in [6.07, 6.45) is 1.73. The van der Waals surface area contributed by atoms with E-state index in [0.29, 0.717) is 17.2 Å². The summed E-state index contributed by atoms with van der Waals surface area (Å²) in [5, 5.41) is 0.672. The fraction of sp³-hybridized carbons (Fsp3) is 0.0952. The lowest BCUT2D eigenvalue weighted by Crippen LogP contribution is -2.30. The molecule has 2 aromatic carbocycles. The maximum atomic E-state index is 13.3. The summed E-state index contributed by atoms with van der Waals surface area (Å²) < 4.78 is 1.93. The molecule has 0 N–H and O–H groups in total. The predicted octanol–water partition coefficient (Wildman–Crippen LogP) is 5.61. The number of carbonyl (C=O) groups is 1. The average molecular weight is 438 g/mol. The van der Waals surface area contributed by atoms with E-state index in [-0.39, 0.29) is 5.91 Å². The van der Waals surface area contributed by atoms with Crippen LogP contribution in [-0.2, 0) is 6.54 Å². The van der Waals surface area contributed by atoms with Crippen molar-refractivity contribution in [2.75, 3.05) is 4.90 Å². The van der Waals surface area contributed by atoms with Gasteiger partial charge in [-0.2, -0.15) is 0 Å². The molecule has 0 aliphatic carbocycles. The molecule has 134 valence electrons. The minimum absolute atomic E-state index is 0.0993. The second-order valence-electron chi connectivity index (χ2n) is 6.19. The van der Waals surface area contributed by atoms with Crippen LogP contribution in [0.1, 0.15) is 21.6 Å². The molecule has 0 saturated heterocycles. The molecule has 0 radical (unpaired) electrons. The van der Waals surface area contributed by atoms with Crippen LogP contribution in [0, 0.1) is 6.92 Å². The van der Waals surface area contributed by atoms with Crippen LogP contribution < -0.4 is 4.90 Å². The summed E-state index contributed by atoms with van der Waals surface area (Å²) in [5.74, 6) is -0.0993. The van der Waals surface area contributed by atoms with E-state index >= 15 is 0 Å². The van der Waals surface area contributed by atoms with Gasteiger partial charge >= 0.3 is 0 Å². The normalized spacial score (nSPS) is 10.9. The highest BCUT2D eigenvalue weighted by Crippen LogP contribution is 2.31. The molecule has 4 rings (SSSR count). The first-order valence-corrected chi connectivity index (χ1v) is 10.1. The number of aryl methyl sites for hydroxylation is 1. The van der Waals surface area contributed by atoms with Crippen molar-refractivity contribution in [2.24, 2.45) is 0 Å². The number of benzene rings is 2. The van der Waals surface area contributed by atoms with Gasteiger partial charge in [-0.15, -0.1) is 0 Å². The molecule has 0 aliphatic heterocycles. The van der Waals surface area contributed by atoms with Crippen LogP contribution in [0.2, 0.25) is 0 Å². The Morgan fingerprint density at radius 1 is 1.11 bits per heavy atom. The number of fused-ring (bicyclic) bond motifs is 1. The summed E-state index contributed by atoms with van der Waals surface area (Å²) in [6, 6.07) is 19.2. The molecule has 4 nitrogen and oxygen atoms in total. The lowest BCUT2D eigenvalue weighted by molar-refractivity contribution is 0.0984. The second-order valence-corrected chi connectivity index (χ2v) is 8.12. The third-order valence-electron chi connectivity index (χ3n) is 4.13. The highest BCUT2D eigenvalue weighted by molar-refractivity contribution is 9.10. The lowest BCUT2D eigenvalue weighted by Gasteiger charge is -2.19. The van der Waals surface area contributed by atoms with Crippen LogP contribution in [0.4, 0.5) is 5.13 Å². The molecule has 0 aliphatic rings. The van der Waals surface area contributed by atoms with Gasteiger partial charge in [-0.3, -0.25) is 14.7 Å². The molecule has 0 spiro atoms. The molecular weight excluding hydrogens is 422 g/mol. The molecule has 0 saturated carbocycles. The Morgan fingerprint density at radius 3 is 2.78 bits per heavy atom. The molecule has 6 heteroatoms. The van der Waals surface area contributed by atoms with E-state index in [9.17, 15) is 4.79 Å². The molecule has 27 heavy (non-hydrogen) atoms. The van der Waals surface area contributed by atoms with Crippen molar-refractivity contribution in [3.05, 3.63) is 88.2 Å². The summed E-state index contributed by atoms with van der Waals surface area (Å²) in [7, 11) is 0. The second kappa shape index (κ2) is 7.58. The van der Waals surface area contributed by atoms with Crippen LogP contribution in [-0.4, -0.2) is 15.9 Å². The first kappa shape index (κ1) is 17.8. The number of pyridine rings is 1. The van der Waals surface area contributed by atoms with Gasteiger partial charge in [-0.1, -0.05) is 45.5 Å². The molecule has 2 heterocycles. The van der Waals surface area contributed by atoms with Crippen molar-refractivity contribution in [1.29, 1.82) is 0 Å². The standard InChI is InChI=1S/C21H16BrN3OS/c1-14-8-9-18-19(11-14)27-21(24-18)25(13-17-7-2-3-10-23-17)20(26)15-5-4-6-16(22)12-15/h2-12H,13H2,1H3. The van der Waals surface area contributed by atoms with Crippen molar-refractivity contribution in [1.82, 2.24) is 9.97 Å². The quantitative estimate of drug-likeness (QED) is 0.416. The number of hydrogen-bond donors (Lipinski definition) is 0. The lowest BCUT2D eigenvalue weighted by atomic mass is 10.2. The van der Waals surface area contributed by atoms with E-state index in [2.05, 4.69) is 33.9 Å². The van der Waals surface area contributed by atoms with Crippen LogP contribution in [0.15, 0.2) is 71.3 Å². The van der Waals surface area contributed by atoms with Crippen molar-refractivity contribution in [3.63, 3.8) is 0 Å². The number of carbonyl (C=O) groups excluding carboxylic acids is 1. The Morgan fingerprint density at radius 2 is 2.00 bits per heavy atom. The van der Waals surface area contributed by atoms with Gasteiger partial charge in [0.05, 0.1) is 22.5 Å². The minimum atomic E-state index is -0.0993. The topological polar surface area (TPSA) is 46.1 Å². The average Bonchev–Trinajstić information content (AvgIpc) is 3.09. The van der Waals surface area contributed by atoms with Gasteiger partial charge in [0.25, 0.3) is 5.91 Å². The molecular formula is C21H16BrN3OS. The van der Waals surface area contributed by atoms with Crippen LogP contribution in [0.3, 0.4) is 0 Å². The predicted molar refractivity (Wildman–Crippen MR) is 113 cm³/mol. The zero-order chi connectivity index (χ0) is 18.8. The molecule has 0 fully saturated rings. The Hall–Kier alpha value is -2.57. The maximum Gasteiger partial charge on any atom is 0.260 e. The van der Waals surface area contributed by atoms with E-state index in [1.807, 2.05) is 54.6 Å².